The van der Waals surface area contributed by atoms with Gasteiger partial charge in [0.25, 0.3) is 0 Å². The molecule has 4 aromatic rings. The Bertz CT molecular complexity index is 1170. The molecule has 110 valence electrons. The number of hydrogen-bond acceptors (Lipinski definition) is 1. The Labute approximate surface area is 141 Å². The third kappa shape index (κ3) is 2.50. The summed E-state index contributed by atoms with van der Waals surface area (Å²) in [4.78, 5) is 4.34. The summed E-state index contributed by atoms with van der Waals surface area (Å²) in [6.07, 6.45) is 5.40. The van der Waals surface area contributed by atoms with E-state index >= 15 is 0 Å². The molecule has 1 nitrogen and oxygen atoms in total. The zero-order chi connectivity index (χ0) is 16.4. The molecule has 0 aliphatic carbocycles. The van der Waals surface area contributed by atoms with Gasteiger partial charge in [0, 0.05) is 5.56 Å². The molecule has 0 amide bonds. The first-order valence-corrected chi connectivity index (χ1v) is 7.71. The Balaban J connectivity index is 1.93. The van der Waals surface area contributed by atoms with Crippen molar-refractivity contribution in [3.63, 3.8) is 0 Å². The standard InChI is InChI=1S/C23H13N/c1-2-19-9-7-10-20(24-19)15-14-18-16-17-8-3-4-11-21(17)23-13-6-5-12-22(18)23/h1,3-13,16H. The Kier molecular flexibility index (Phi) is 3.47. The fourth-order valence-corrected chi connectivity index (χ4v) is 2.87. The maximum atomic E-state index is 5.40. The molecule has 0 atom stereocenters. The summed E-state index contributed by atoms with van der Waals surface area (Å²) in [5, 5.41) is 4.79. The molecule has 0 unspecified atom stereocenters. The van der Waals surface area contributed by atoms with E-state index in [4.69, 9.17) is 6.42 Å². The summed E-state index contributed by atoms with van der Waals surface area (Å²) in [7, 11) is 0. The predicted molar refractivity (Wildman–Crippen MR) is 99.6 cm³/mol. The molecule has 0 saturated heterocycles. The molecule has 0 aliphatic rings. The SMILES string of the molecule is C#Cc1cccc(C#Cc2cc3ccccc3c3ccccc23)n1. The molecule has 1 heteroatoms. The van der Waals surface area contributed by atoms with Gasteiger partial charge < -0.3 is 0 Å². The molecule has 4 rings (SSSR count). The van der Waals surface area contributed by atoms with Gasteiger partial charge in [0.15, 0.2) is 0 Å². The molecule has 1 aromatic heterocycles. The highest BCUT2D eigenvalue weighted by molar-refractivity contribution is 6.09. The monoisotopic (exact) mass is 303 g/mol. The van der Waals surface area contributed by atoms with Crippen LogP contribution in [0.4, 0.5) is 0 Å². The number of nitrogens with zero attached hydrogens (tertiary/aromatic N) is 1. The van der Waals surface area contributed by atoms with Crippen LogP contribution in [0, 0.1) is 24.2 Å². The Morgan fingerprint density at radius 3 is 2.21 bits per heavy atom. The van der Waals surface area contributed by atoms with Crippen molar-refractivity contribution in [3.8, 4) is 24.2 Å². The van der Waals surface area contributed by atoms with Crippen LogP contribution in [-0.2, 0) is 0 Å². The molecule has 0 saturated carbocycles. The lowest BCUT2D eigenvalue weighted by atomic mass is 9.97. The van der Waals surface area contributed by atoms with Crippen molar-refractivity contribution in [3.05, 3.63) is 89.7 Å². The van der Waals surface area contributed by atoms with Gasteiger partial charge in [-0.25, -0.2) is 4.98 Å². The number of hydrogen-bond donors (Lipinski definition) is 0. The number of rotatable bonds is 0. The molecule has 3 aromatic carbocycles. The van der Waals surface area contributed by atoms with Crippen LogP contribution in [0.3, 0.4) is 0 Å². The maximum absolute atomic E-state index is 5.40. The van der Waals surface area contributed by atoms with Gasteiger partial charge in [-0.15, -0.1) is 6.42 Å². The second kappa shape index (κ2) is 5.92. The van der Waals surface area contributed by atoms with Crippen molar-refractivity contribution in [2.24, 2.45) is 0 Å². The largest absolute Gasteiger partial charge is 0.231 e. The van der Waals surface area contributed by atoms with E-state index in [0.29, 0.717) is 11.4 Å². The topological polar surface area (TPSA) is 12.9 Å². The lowest BCUT2D eigenvalue weighted by Crippen LogP contribution is -1.87. The van der Waals surface area contributed by atoms with E-state index in [2.05, 4.69) is 65.2 Å². The smallest absolute Gasteiger partial charge is 0.115 e. The van der Waals surface area contributed by atoms with Crippen molar-refractivity contribution in [2.45, 2.75) is 0 Å². The van der Waals surface area contributed by atoms with Crippen molar-refractivity contribution >= 4 is 21.5 Å². The van der Waals surface area contributed by atoms with Gasteiger partial charge in [-0.2, -0.15) is 0 Å². The Morgan fingerprint density at radius 2 is 1.38 bits per heavy atom. The lowest BCUT2D eigenvalue weighted by Gasteiger charge is -2.06. The first kappa shape index (κ1) is 14.1. The highest BCUT2D eigenvalue weighted by Crippen LogP contribution is 2.28. The minimum absolute atomic E-state index is 0.602. The number of fused-ring (bicyclic) bond motifs is 3. The van der Waals surface area contributed by atoms with Crippen molar-refractivity contribution < 1.29 is 0 Å². The van der Waals surface area contributed by atoms with E-state index in [1.165, 1.54) is 16.2 Å². The average Bonchev–Trinajstić information content (AvgIpc) is 2.66. The van der Waals surface area contributed by atoms with Crippen LogP contribution < -0.4 is 0 Å². The minimum atomic E-state index is 0.602. The molecular weight excluding hydrogens is 290 g/mol. The van der Waals surface area contributed by atoms with E-state index in [9.17, 15) is 0 Å². The highest BCUT2D eigenvalue weighted by atomic mass is 14.7. The van der Waals surface area contributed by atoms with Gasteiger partial charge in [0.05, 0.1) is 0 Å². The maximum Gasteiger partial charge on any atom is 0.115 e. The normalized spacial score (nSPS) is 10.1. The zero-order valence-corrected chi connectivity index (χ0v) is 13.0. The number of terminal acetylenes is 1. The van der Waals surface area contributed by atoms with Crippen molar-refractivity contribution in [1.82, 2.24) is 4.98 Å². The number of benzene rings is 3. The number of aromatic nitrogens is 1. The first-order valence-electron chi connectivity index (χ1n) is 7.71. The van der Waals surface area contributed by atoms with Gasteiger partial charge in [-0.3, -0.25) is 0 Å². The molecule has 0 bridgehead atoms. The summed E-state index contributed by atoms with van der Waals surface area (Å²) < 4.78 is 0. The molecule has 24 heavy (non-hydrogen) atoms. The third-order valence-corrected chi connectivity index (χ3v) is 3.99. The van der Waals surface area contributed by atoms with E-state index < -0.39 is 0 Å². The predicted octanol–water partition coefficient (Wildman–Crippen LogP) is 4.77. The molecule has 0 spiro atoms. The van der Waals surface area contributed by atoms with Crippen LogP contribution in [0.5, 0.6) is 0 Å². The Morgan fingerprint density at radius 1 is 0.667 bits per heavy atom. The minimum Gasteiger partial charge on any atom is -0.231 e. The van der Waals surface area contributed by atoms with E-state index in [1.54, 1.807) is 6.07 Å². The highest BCUT2D eigenvalue weighted by Gasteiger charge is 2.04. The second-order valence-electron chi connectivity index (χ2n) is 5.49. The van der Waals surface area contributed by atoms with E-state index in [0.717, 1.165) is 10.9 Å². The van der Waals surface area contributed by atoms with Crippen LogP contribution in [-0.4, -0.2) is 4.98 Å². The van der Waals surface area contributed by atoms with Crippen LogP contribution in [0.15, 0.2) is 72.8 Å². The summed E-state index contributed by atoms with van der Waals surface area (Å²) in [5.41, 5.74) is 2.28. The summed E-state index contributed by atoms with van der Waals surface area (Å²) >= 11 is 0. The van der Waals surface area contributed by atoms with Crippen LogP contribution in [0.1, 0.15) is 17.0 Å². The third-order valence-electron chi connectivity index (χ3n) is 3.99. The zero-order valence-electron chi connectivity index (χ0n) is 13.0. The summed E-state index contributed by atoms with van der Waals surface area (Å²) in [5.74, 6) is 8.94. The van der Waals surface area contributed by atoms with Crippen molar-refractivity contribution in [2.75, 3.05) is 0 Å². The molecule has 1 heterocycles. The quantitative estimate of drug-likeness (QED) is 0.337. The molecule has 0 radical (unpaired) electrons. The summed E-state index contributed by atoms with van der Waals surface area (Å²) in [6, 6.07) is 24.4. The molecule has 0 fully saturated rings. The molecular formula is C23H13N. The van der Waals surface area contributed by atoms with E-state index in [-0.39, 0.29) is 0 Å². The van der Waals surface area contributed by atoms with Gasteiger partial charge in [0.1, 0.15) is 11.4 Å². The molecule has 0 N–H and O–H groups in total. The fraction of sp³-hybridized carbons (Fsp3) is 0. The fourth-order valence-electron chi connectivity index (χ4n) is 2.87. The van der Waals surface area contributed by atoms with Gasteiger partial charge in [0.2, 0.25) is 0 Å². The van der Waals surface area contributed by atoms with Crippen LogP contribution in [0.25, 0.3) is 21.5 Å². The van der Waals surface area contributed by atoms with Crippen molar-refractivity contribution in [1.29, 1.82) is 0 Å². The Hall–Kier alpha value is -3.55. The average molecular weight is 303 g/mol. The van der Waals surface area contributed by atoms with Gasteiger partial charge in [-0.05, 0) is 45.7 Å². The van der Waals surface area contributed by atoms with Gasteiger partial charge >= 0.3 is 0 Å². The van der Waals surface area contributed by atoms with E-state index in [1.807, 2.05) is 24.3 Å². The van der Waals surface area contributed by atoms with Gasteiger partial charge in [-0.1, -0.05) is 66.4 Å². The molecule has 0 aliphatic heterocycles. The van der Waals surface area contributed by atoms with Crippen LogP contribution in [0.2, 0.25) is 0 Å². The summed E-state index contributed by atoms with van der Waals surface area (Å²) in [6.45, 7) is 0. The lowest BCUT2D eigenvalue weighted by molar-refractivity contribution is 1.25. The number of pyridine rings is 1. The first-order chi connectivity index (χ1) is 11.8. The second-order valence-corrected chi connectivity index (χ2v) is 5.49. The van der Waals surface area contributed by atoms with Crippen LogP contribution >= 0.6 is 0 Å².